The van der Waals surface area contributed by atoms with Crippen molar-refractivity contribution in [3.63, 3.8) is 0 Å². The van der Waals surface area contributed by atoms with Crippen LogP contribution in [0.15, 0.2) is 29.3 Å². The summed E-state index contributed by atoms with van der Waals surface area (Å²) < 4.78 is 13.1. The topological polar surface area (TPSA) is 29.4 Å². The van der Waals surface area contributed by atoms with E-state index in [1.54, 1.807) is 25.1 Å². The van der Waals surface area contributed by atoms with Crippen molar-refractivity contribution in [2.45, 2.75) is 19.4 Å². The number of carbonyl (C=O) groups excluding carboxylic acids is 1. The van der Waals surface area contributed by atoms with E-state index >= 15 is 0 Å². The van der Waals surface area contributed by atoms with Crippen molar-refractivity contribution in [2.75, 3.05) is 0 Å². The number of nitrogens with zero attached hydrogens (tertiary/aromatic N) is 1. The molecule has 13 heavy (non-hydrogen) atoms. The molecule has 3 heteroatoms. The van der Waals surface area contributed by atoms with Gasteiger partial charge in [0.1, 0.15) is 5.82 Å². The molecule has 0 fully saturated rings. The predicted octanol–water partition coefficient (Wildman–Crippen LogP) is 2.09. The minimum atomic E-state index is -0.254. The van der Waals surface area contributed by atoms with E-state index in [1.807, 2.05) is 0 Å². The number of isocyanates is 1. The van der Waals surface area contributed by atoms with E-state index in [0.29, 0.717) is 12.0 Å². The zero-order chi connectivity index (χ0) is 9.68. The zero-order valence-corrected chi connectivity index (χ0v) is 7.33. The maximum atomic E-state index is 13.1. The van der Waals surface area contributed by atoms with E-state index in [9.17, 15) is 9.18 Å². The van der Waals surface area contributed by atoms with E-state index in [0.717, 1.165) is 0 Å². The summed E-state index contributed by atoms with van der Waals surface area (Å²) in [6.07, 6.45) is 1.89. The molecule has 0 aliphatic carbocycles. The molecule has 2 nitrogen and oxygen atoms in total. The van der Waals surface area contributed by atoms with Crippen LogP contribution in [0, 0.1) is 5.82 Å². The first-order chi connectivity index (χ1) is 6.24. The lowest BCUT2D eigenvalue weighted by molar-refractivity contribution is 0.555. The zero-order valence-electron chi connectivity index (χ0n) is 7.33. The van der Waals surface area contributed by atoms with Gasteiger partial charge in [0, 0.05) is 0 Å². The molecule has 1 aromatic carbocycles. The van der Waals surface area contributed by atoms with Crippen LogP contribution in [0.25, 0.3) is 0 Å². The standard InChI is InChI=1S/C10H10FNO/c1-8(12-7-13)6-9-4-2-3-5-10(9)11/h2-5,8H,6H2,1H3. The van der Waals surface area contributed by atoms with Crippen molar-refractivity contribution in [1.82, 2.24) is 0 Å². The number of aliphatic imine (C=N–C) groups is 1. The maximum absolute atomic E-state index is 13.1. The summed E-state index contributed by atoms with van der Waals surface area (Å²) in [5.74, 6) is -0.254. The van der Waals surface area contributed by atoms with Gasteiger partial charge in [0.05, 0.1) is 6.04 Å². The normalized spacial score (nSPS) is 11.8. The highest BCUT2D eigenvalue weighted by Crippen LogP contribution is 2.09. The molecule has 68 valence electrons. The van der Waals surface area contributed by atoms with Gasteiger partial charge >= 0.3 is 0 Å². The van der Waals surface area contributed by atoms with Crippen LogP contribution >= 0.6 is 0 Å². The molecule has 0 N–H and O–H groups in total. The molecule has 0 saturated heterocycles. The van der Waals surface area contributed by atoms with Gasteiger partial charge in [-0.3, -0.25) is 0 Å². The Labute approximate surface area is 76.1 Å². The third-order valence-electron chi connectivity index (χ3n) is 1.75. The van der Waals surface area contributed by atoms with E-state index in [2.05, 4.69) is 4.99 Å². The van der Waals surface area contributed by atoms with Gasteiger partial charge in [-0.2, -0.15) is 0 Å². The second kappa shape index (κ2) is 4.53. The van der Waals surface area contributed by atoms with Crippen LogP contribution in [0.3, 0.4) is 0 Å². The average molecular weight is 179 g/mol. The fourth-order valence-electron chi connectivity index (χ4n) is 1.12. The van der Waals surface area contributed by atoms with Gasteiger partial charge in [-0.1, -0.05) is 18.2 Å². The van der Waals surface area contributed by atoms with Crippen molar-refractivity contribution in [1.29, 1.82) is 0 Å². The first-order valence-corrected chi connectivity index (χ1v) is 4.04. The summed E-state index contributed by atoms with van der Waals surface area (Å²) in [7, 11) is 0. The molecule has 0 aliphatic rings. The lowest BCUT2D eigenvalue weighted by Crippen LogP contribution is -2.04. The Kier molecular flexibility index (Phi) is 3.35. The molecule has 0 bridgehead atoms. The molecule has 0 spiro atoms. The van der Waals surface area contributed by atoms with E-state index in [4.69, 9.17) is 0 Å². The van der Waals surface area contributed by atoms with Crippen molar-refractivity contribution in [2.24, 2.45) is 4.99 Å². The monoisotopic (exact) mass is 179 g/mol. The molecule has 0 radical (unpaired) electrons. The SMILES string of the molecule is CC(Cc1ccccc1F)N=C=O. The Morgan fingerprint density at radius 3 is 2.85 bits per heavy atom. The fourth-order valence-corrected chi connectivity index (χ4v) is 1.12. The second-order valence-electron chi connectivity index (χ2n) is 2.86. The van der Waals surface area contributed by atoms with Gasteiger partial charge in [-0.05, 0) is 25.0 Å². The third-order valence-corrected chi connectivity index (χ3v) is 1.75. The highest BCUT2D eigenvalue weighted by Gasteiger charge is 2.05. The quantitative estimate of drug-likeness (QED) is 0.516. The van der Waals surface area contributed by atoms with Crippen molar-refractivity contribution >= 4 is 6.08 Å². The van der Waals surface area contributed by atoms with Crippen LogP contribution in [-0.2, 0) is 11.2 Å². The van der Waals surface area contributed by atoms with Gasteiger partial charge < -0.3 is 0 Å². The summed E-state index contributed by atoms with van der Waals surface area (Å²) in [4.78, 5) is 13.4. The highest BCUT2D eigenvalue weighted by atomic mass is 19.1. The van der Waals surface area contributed by atoms with Crippen LogP contribution in [0.2, 0.25) is 0 Å². The first kappa shape index (κ1) is 9.62. The summed E-state index contributed by atoms with van der Waals surface area (Å²) in [6, 6.07) is 6.26. The number of benzene rings is 1. The van der Waals surface area contributed by atoms with Crippen LogP contribution < -0.4 is 0 Å². The minimum Gasteiger partial charge on any atom is -0.211 e. The van der Waals surface area contributed by atoms with Crippen LogP contribution in [0.1, 0.15) is 12.5 Å². The van der Waals surface area contributed by atoms with Crippen LogP contribution in [0.5, 0.6) is 0 Å². The fraction of sp³-hybridized carbons (Fsp3) is 0.300. The summed E-state index contributed by atoms with van der Waals surface area (Å²) in [6.45, 7) is 1.75. The smallest absolute Gasteiger partial charge is 0.211 e. The largest absolute Gasteiger partial charge is 0.235 e. The Morgan fingerprint density at radius 2 is 2.23 bits per heavy atom. The van der Waals surface area contributed by atoms with Gasteiger partial charge in [-0.25, -0.2) is 14.2 Å². The Balaban J connectivity index is 2.74. The molecule has 0 saturated carbocycles. The molecule has 0 amide bonds. The Morgan fingerprint density at radius 1 is 1.54 bits per heavy atom. The number of hydrogen-bond donors (Lipinski definition) is 0. The predicted molar refractivity (Wildman–Crippen MR) is 47.7 cm³/mol. The molecule has 0 heterocycles. The summed E-state index contributed by atoms with van der Waals surface area (Å²) in [5, 5.41) is 0. The highest BCUT2D eigenvalue weighted by molar-refractivity contribution is 5.33. The summed E-state index contributed by atoms with van der Waals surface area (Å²) >= 11 is 0. The van der Waals surface area contributed by atoms with Gasteiger partial charge in [-0.15, -0.1) is 0 Å². The van der Waals surface area contributed by atoms with E-state index in [1.165, 1.54) is 12.1 Å². The molecular weight excluding hydrogens is 169 g/mol. The molecular formula is C10H10FNO. The number of rotatable bonds is 3. The summed E-state index contributed by atoms with van der Waals surface area (Å²) in [5.41, 5.74) is 0.578. The minimum absolute atomic E-state index is 0.214. The Bertz CT molecular complexity index is 331. The molecule has 0 aromatic heterocycles. The lowest BCUT2D eigenvalue weighted by atomic mass is 10.1. The van der Waals surface area contributed by atoms with Crippen molar-refractivity contribution in [3.05, 3.63) is 35.6 Å². The maximum Gasteiger partial charge on any atom is 0.235 e. The van der Waals surface area contributed by atoms with Crippen LogP contribution in [-0.4, -0.2) is 12.1 Å². The van der Waals surface area contributed by atoms with Gasteiger partial charge in [0.15, 0.2) is 0 Å². The van der Waals surface area contributed by atoms with Gasteiger partial charge in [0.25, 0.3) is 0 Å². The van der Waals surface area contributed by atoms with Crippen molar-refractivity contribution < 1.29 is 9.18 Å². The van der Waals surface area contributed by atoms with E-state index in [-0.39, 0.29) is 11.9 Å². The van der Waals surface area contributed by atoms with Crippen LogP contribution in [0.4, 0.5) is 4.39 Å². The average Bonchev–Trinajstić information content (AvgIpc) is 2.09. The van der Waals surface area contributed by atoms with Gasteiger partial charge in [0.2, 0.25) is 6.08 Å². The van der Waals surface area contributed by atoms with E-state index < -0.39 is 0 Å². The Hall–Kier alpha value is -1.47. The lowest BCUT2D eigenvalue weighted by Gasteiger charge is -2.04. The number of hydrogen-bond acceptors (Lipinski definition) is 2. The second-order valence-corrected chi connectivity index (χ2v) is 2.86. The molecule has 1 rings (SSSR count). The first-order valence-electron chi connectivity index (χ1n) is 4.04. The molecule has 1 atom stereocenters. The molecule has 1 aromatic rings. The molecule has 0 aliphatic heterocycles. The number of halogens is 1. The third kappa shape index (κ3) is 2.80. The van der Waals surface area contributed by atoms with Crippen molar-refractivity contribution in [3.8, 4) is 0 Å². The molecule has 1 unspecified atom stereocenters.